The third-order valence-electron chi connectivity index (χ3n) is 4.61. The monoisotopic (exact) mass is 481 g/mol. The molecule has 11 nitrogen and oxygen atoms in total. The number of hydrogen-bond donors (Lipinski definition) is 3. The highest BCUT2D eigenvalue weighted by atomic mass is 35.5. The SMILES string of the molecule is COc1ccc(Cl)cc1NC(=O)CN1CCN(CC(=O)c2ccco2)CC1.O=C(O)C(=O)O. The Morgan fingerprint density at radius 1 is 1.03 bits per heavy atom. The number of carboxylic acids is 2. The molecule has 3 rings (SSSR count). The zero-order chi connectivity index (χ0) is 24.4. The molecule has 1 amide bonds. The molecule has 0 bridgehead atoms. The number of carbonyl (C=O) groups is 4. The Morgan fingerprint density at radius 3 is 2.15 bits per heavy atom. The van der Waals surface area contributed by atoms with E-state index < -0.39 is 11.9 Å². The Kier molecular flexibility index (Phi) is 9.85. The van der Waals surface area contributed by atoms with E-state index >= 15 is 0 Å². The maximum Gasteiger partial charge on any atom is 0.414 e. The lowest BCUT2D eigenvalue weighted by atomic mass is 10.2. The quantitative estimate of drug-likeness (QED) is 0.392. The van der Waals surface area contributed by atoms with Gasteiger partial charge in [-0.05, 0) is 30.3 Å². The first-order valence-electron chi connectivity index (χ1n) is 9.80. The number of piperazine rings is 1. The minimum absolute atomic E-state index is 0.0285. The molecule has 0 radical (unpaired) electrons. The summed E-state index contributed by atoms with van der Waals surface area (Å²) in [6.45, 7) is 3.47. The topological polar surface area (TPSA) is 150 Å². The molecular formula is C21H24ClN3O8. The zero-order valence-electron chi connectivity index (χ0n) is 17.8. The van der Waals surface area contributed by atoms with Gasteiger partial charge in [-0.3, -0.25) is 19.4 Å². The van der Waals surface area contributed by atoms with Gasteiger partial charge in [-0.25, -0.2) is 9.59 Å². The molecule has 2 aromatic rings. The van der Waals surface area contributed by atoms with E-state index in [2.05, 4.69) is 15.1 Å². The smallest absolute Gasteiger partial charge is 0.414 e. The van der Waals surface area contributed by atoms with Crippen molar-refractivity contribution in [1.82, 2.24) is 9.80 Å². The number of methoxy groups -OCH3 is 1. The van der Waals surface area contributed by atoms with Crippen molar-refractivity contribution in [3.8, 4) is 5.75 Å². The molecule has 1 fully saturated rings. The van der Waals surface area contributed by atoms with Crippen molar-refractivity contribution in [2.45, 2.75) is 0 Å². The van der Waals surface area contributed by atoms with Crippen LogP contribution in [0.25, 0.3) is 0 Å². The third-order valence-corrected chi connectivity index (χ3v) is 4.85. The van der Waals surface area contributed by atoms with E-state index in [0.717, 1.165) is 13.1 Å². The summed E-state index contributed by atoms with van der Waals surface area (Å²) in [6, 6.07) is 8.47. The number of amides is 1. The first-order chi connectivity index (χ1) is 15.7. The molecule has 0 spiro atoms. The standard InChI is InChI=1S/C19H22ClN3O4.C2H2O4/c1-26-17-5-4-14(20)11-15(17)21-19(25)13-23-8-6-22(7-9-23)12-16(24)18-3-2-10-27-18;3-1(4)2(5)6/h2-5,10-11H,6-9,12-13H2,1H3,(H,21,25);(H,3,4)(H,5,6). The lowest BCUT2D eigenvalue weighted by Crippen LogP contribution is -2.49. The van der Waals surface area contributed by atoms with Crippen LogP contribution in [-0.4, -0.2) is 90.0 Å². The summed E-state index contributed by atoms with van der Waals surface area (Å²) in [4.78, 5) is 46.8. The van der Waals surface area contributed by atoms with Crippen LogP contribution < -0.4 is 10.1 Å². The van der Waals surface area contributed by atoms with Crippen LogP contribution >= 0.6 is 11.6 Å². The Hall–Kier alpha value is -3.41. The normalized spacial score (nSPS) is 14.0. The zero-order valence-corrected chi connectivity index (χ0v) is 18.6. The molecule has 1 saturated heterocycles. The van der Waals surface area contributed by atoms with Gasteiger partial charge in [-0.2, -0.15) is 0 Å². The second kappa shape index (κ2) is 12.6. The predicted molar refractivity (Wildman–Crippen MR) is 118 cm³/mol. The molecule has 1 aliphatic rings. The number of benzene rings is 1. The lowest BCUT2D eigenvalue weighted by Gasteiger charge is -2.33. The Balaban J connectivity index is 0.000000569. The fourth-order valence-electron chi connectivity index (χ4n) is 2.99. The summed E-state index contributed by atoms with van der Waals surface area (Å²) in [5.74, 6) is -2.86. The molecule has 12 heteroatoms. The van der Waals surface area contributed by atoms with E-state index in [9.17, 15) is 9.59 Å². The minimum atomic E-state index is -1.82. The number of nitrogens with zero attached hydrogens (tertiary/aromatic N) is 2. The number of hydrogen-bond acceptors (Lipinski definition) is 8. The van der Waals surface area contributed by atoms with Crippen molar-refractivity contribution in [2.24, 2.45) is 0 Å². The number of nitrogens with one attached hydrogen (secondary N) is 1. The molecule has 0 atom stereocenters. The average molecular weight is 482 g/mol. The highest BCUT2D eigenvalue weighted by Gasteiger charge is 2.22. The van der Waals surface area contributed by atoms with Crippen LogP contribution in [-0.2, 0) is 14.4 Å². The maximum atomic E-state index is 12.3. The summed E-state index contributed by atoms with van der Waals surface area (Å²) in [7, 11) is 1.54. The van der Waals surface area contributed by atoms with Gasteiger partial charge in [0.1, 0.15) is 5.75 Å². The van der Waals surface area contributed by atoms with Crippen molar-refractivity contribution in [2.75, 3.05) is 51.7 Å². The number of halogens is 1. The fourth-order valence-corrected chi connectivity index (χ4v) is 3.17. The summed E-state index contributed by atoms with van der Waals surface area (Å²) < 4.78 is 10.4. The molecule has 1 aromatic heterocycles. The van der Waals surface area contributed by atoms with Crippen LogP contribution in [0.5, 0.6) is 5.75 Å². The lowest BCUT2D eigenvalue weighted by molar-refractivity contribution is -0.159. The fraction of sp³-hybridized carbons (Fsp3) is 0.333. The van der Waals surface area contributed by atoms with Crippen LogP contribution in [0.2, 0.25) is 5.02 Å². The number of aliphatic carboxylic acids is 2. The molecule has 0 saturated carbocycles. The van der Waals surface area contributed by atoms with E-state index in [4.69, 9.17) is 40.6 Å². The van der Waals surface area contributed by atoms with Crippen LogP contribution in [0.3, 0.4) is 0 Å². The number of carboxylic acid groups (broad SMARTS) is 2. The molecule has 3 N–H and O–H groups in total. The Labute approximate surface area is 194 Å². The van der Waals surface area contributed by atoms with Crippen LogP contribution in [0, 0.1) is 0 Å². The van der Waals surface area contributed by atoms with Crippen molar-refractivity contribution in [1.29, 1.82) is 0 Å². The first kappa shape index (κ1) is 25.8. The van der Waals surface area contributed by atoms with Gasteiger partial charge in [0, 0.05) is 31.2 Å². The summed E-state index contributed by atoms with van der Waals surface area (Å²) in [5.41, 5.74) is 0.553. The molecule has 1 aromatic carbocycles. The molecule has 1 aliphatic heterocycles. The highest BCUT2D eigenvalue weighted by molar-refractivity contribution is 6.31. The largest absolute Gasteiger partial charge is 0.495 e. The highest BCUT2D eigenvalue weighted by Crippen LogP contribution is 2.27. The number of rotatable bonds is 7. The number of ether oxygens (including phenoxy) is 1. The van der Waals surface area contributed by atoms with E-state index in [-0.39, 0.29) is 18.2 Å². The predicted octanol–water partition coefficient (Wildman–Crippen LogP) is 1.54. The number of furan rings is 1. The van der Waals surface area contributed by atoms with Gasteiger partial charge in [0.25, 0.3) is 0 Å². The minimum Gasteiger partial charge on any atom is -0.495 e. The molecular weight excluding hydrogens is 458 g/mol. The summed E-state index contributed by atoms with van der Waals surface area (Å²) in [5, 5.41) is 18.2. The average Bonchev–Trinajstić information content (AvgIpc) is 3.31. The number of anilines is 1. The van der Waals surface area contributed by atoms with Crippen molar-refractivity contribution < 1.29 is 38.5 Å². The molecule has 2 heterocycles. The summed E-state index contributed by atoms with van der Waals surface area (Å²) >= 11 is 5.99. The second-order valence-corrected chi connectivity index (χ2v) is 7.39. The van der Waals surface area contributed by atoms with Crippen LogP contribution in [0.1, 0.15) is 10.6 Å². The second-order valence-electron chi connectivity index (χ2n) is 6.96. The van der Waals surface area contributed by atoms with Gasteiger partial charge in [-0.15, -0.1) is 0 Å². The Bertz CT molecular complexity index is 960. The van der Waals surface area contributed by atoms with E-state index in [1.54, 1.807) is 37.4 Å². The van der Waals surface area contributed by atoms with E-state index in [0.29, 0.717) is 41.9 Å². The molecule has 33 heavy (non-hydrogen) atoms. The Morgan fingerprint density at radius 2 is 1.64 bits per heavy atom. The molecule has 0 aliphatic carbocycles. The van der Waals surface area contributed by atoms with Crippen LogP contribution in [0.15, 0.2) is 41.0 Å². The van der Waals surface area contributed by atoms with Gasteiger partial charge in [-0.1, -0.05) is 11.6 Å². The number of ketones is 1. The van der Waals surface area contributed by atoms with E-state index in [1.165, 1.54) is 6.26 Å². The van der Waals surface area contributed by atoms with Crippen molar-refractivity contribution in [3.05, 3.63) is 47.4 Å². The maximum absolute atomic E-state index is 12.3. The van der Waals surface area contributed by atoms with Crippen LogP contribution in [0.4, 0.5) is 5.69 Å². The third kappa shape index (κ3) is 8.56. The van der Waals surface area contributed by atoms with Gasteiger partial charge >= 0.3 is 11.9 Å². The number of Topliss-reactive ketones (excluding diaryl/α,β-unsaturated/α-hetero) is 1. The number of carbonyl (C=O) groups excluding carboxylic acids is 2. The van der Waals surface area contributed by atoms with Gasteiger partial charge in [0.15, 0.2) is 5.76 Å². The summed E-state index contributed by atoms with van der Waals surface area (Å²) in [6.07, 6.45) is 1.50. The van der Waals surface area contributed by atoms with Gasteiger partial charge in [0.05, 0.1) is 32.1 Å². The molecule has 178 valence electrons. The molecule has 0 unspecified atom stereocenters. The van der Waals surface area contributed by atoms with Crippen molar-refractivity contribution >= 4 is 40.9 Å². The van der Waals surface area contributed by atoms with E-state index in [1.807, 2.05) is 0 Å². The van der Waals surface area contributed by atoms with Crippen molar-refractivity contribution in [3.63, 3.8) is 0 Å². The first-order valence-corrected chi connectivity index (χ1v) is 10.2. The van der Waals surface area contributed by atoms with Gasteiger partial charge < -0.3 is 24.7 Å². The van der Waals surface area contributed by atoms with Gasteiger partial charge in [0.2, 0.25) is 11.7 Å².